The normalized spacial score (nSPS) is 12.3. The smallest absolute Gasteiger partial charge is 0.113 e. The summed E-state index contributed by atoms with van der Waals surface area (Å²) in [5.74, 6) is 0. The molecule has 0 amide bonds. The van der Waals surface area contributed by atoms with E-state index in [1.54, 1.807) is 0 Å². The van der Waals surface area contributed by atoms with Crippen molar-refractivity contribution in [2.24, 2.45) is 0 Å². The summed E-state index contributed by atoms with van der Waals surface area (Å²) in [6, 6.07) is 10.2. The number of hydrogen-bond acceptors (Lipinski definition) is 2. The third-order valence-corrected chi connectivity index (χ3v) is 2.72. The molecule has 1 heterocycles. The molecular formula is C12H13N3. The van der Waals surface area contributed by atoms with Gasteiger partial charge < -0.3 is 9.88 Å². The number of aromatic nitrogens is 1. The SMILES string of the molecule is CC(C#N)N(C)c1c[nH]c2ccccc12. The van der Waals surface area contributed by atoms with Crippen LogP contribution in [0.4, 0.5) is 5.69 Å². The number of benzene rings is 1. The Labute approximate surface area is 88.9 Å². The number of anilines is 1. The van der Waals surface area contributed by atoms with Crippen LogP contribution in [0.15, 0.2) is 30.5 Å². The zero-order chi connectivity index (χ0) is 10.8. The molecule has 76 valence electrons. The first-order valence-electron chi connectivity index (χ1n) is 4.92. The Hall–Kier alpha value is -1.95. The van der Waals surface area contributed by atoms with Gasteiger partial charge in [-0.1, -0.05) is 18.2 Å². The Bertz CT molecular complexity index is 507. The second kappa shape index (κ2) is 3.66. The zero-order valence-corrected chi connectivity index (χ0v) is 8.86. The fourth-order valence-electron chi connectivity index (χ4n) is 1.64. The number of H-pyrrole nitrogens is 1. The van der Waals surface area contributed by atoms with E-state index in [4.69, 9.17) is 5.26 Å². The Morgan fingerprint density at radius 3 is 2.87 bits per heavy atom. The summed E-state index contributed by atoms with van der Waals surface area (Å²) in [6.07, 6.45) is 1.94. The monoisotopic (exact) mass is 199 g/mol. The lowest BCUT2D eigenvalue weighted by atomic mass is 10.2. The van der Waals surface area contributed by atoms with Gasteiger partial charge >= 0.3 is 0 Å². The van der Waals surface area contributed by atoms with Crippen LogP contribution in [0.2, 0.25) is 0 Å². The molecule has 1 aromatic heterocycles. The molecule has 0 saturated heterocycles. The molecule has 0 aliphatic heterocycles. The van der Waals surface area contributed by atoms with Gasteiger partial charge in [-0.15, -0.1) is 0 Å². The van der Waals surface area contributed by atoms with Gasteiger partial charge in [0, 0.05) is 24.1 Å². The largest absolute Gasteiger partial charge is 0.359 e. The fraction of sp³-hybridized carbons (Fsp3) is 0.250. The quantitative estimate of drug-likeness (QED) is 0.807. The van der Waals surface area contributed by atoms with Crippen LogP contribution < -0.4 is 4.90 Å². The predicted octanol–water partition coefficient (Wildman–Crippen LogP) is 2.52. The highest BCUT2D eigenvalue weighted by Gasteiger charge is 2.12. The first-order valence-corrected chi connectivity index (χ1v) is 4.92. The highest BCUT2D eigenvalue weighted by Crippen LogP contribution is 2.26. The molecule has 0 saturated carbocycles. The van der Waals surface area contributed by atoms with Gasteiger partial charge in [-0.25, -0.2) is 0 Å². The summed E-state index contributed by atoms with van der Waals surface area (Å²) in [7, 11) is 1.93. The van der Waals surface area contributed by atoms with E-state index in [0.717, 1.165) is 16.6 Å². The van der Waals surface area contributed by atoms with Crippen molar-refractivity contribution in [2.45, 2.75) is 13.0 Å². The van der Waals surface area contributed by atoms with Crippen molar-refractivity contribution < 1.29 is 0 Å². The average Bonchev–Trinajstić information content (AvgIpc) is 2.70. The van der Waals surface area contributed by atoms with E-state index in [1.165, 1.54) is 0 Å². The molecule has 1 unspecified atom stereocenters. The van der Waals surface area contributed by atoms with Crippen molar-refractivity contribution in [2.75, 3.05) is 11.9 Å². The van der Waals surface area contributed by atoms with Crippen molar-refractivity contribution in [3.05, 3.63) is 30.5 Å². The molecule has 0 aliphatic rings. The van der Waals surface area contributed by atoms with Gasteiger partial charge in [-0.05, 0) is 13.0 Å². The van der Waals surface area contributed by atoms with Crippen molar-refractivity contribution in [3.8, 4) is 6.07 Å². The first-order chi connectivity index (χ1) is 7.24. The van der Waals surface area contributed by atoms with Crippen LogP contribution in [0.25, 0.3) is 10.9 Å². The van der Waals surface area contributed by atoms with Gasteiger partial charge in [0.2, 0.25) is 0 Å². The van der Waals surface area contributed by atoms with Crippen LogP contribution in [-0.2, 0) is 0 Å². The van der Waals surface area contributed by atoms with E-state index in [2.05, 4.69) is 17.1 Å². The number of nitrogens with zero attached hydrogens (tertiary/aromatic N) is 2. The average molecular weight is 199 g/mol. The van der Waals surface area contributed by atoms with Crippen LogP contribution in [0.5, 0.6) is 0 Å². The van der Waals surface area contributed by atoms with Crippen molar-refractivity contribution >= 4 is 16.6 Å². The number of para-hydroxylation sites is 1. The van der Waals surface area contributed by atoms with E-state index in [0.29, 0.717) is 0 Å². The van der Waals surface area contributed by atoms with Crippen molar-refractivity contribution in [1.82, 2.24) is 4.98 Å². The van der Waals surface area contributed by atoms with Gasteiger partial charge in [-0.2, -0.15) is 5.26 Å². The van der Waals surface area contributed by atoms with E-state index in [1.807, 2.05) is 43.3 Å². The number of fused-ring (bicyclic) bond motifs is 1. The summed E-state index contributed by atoms with van der Waals surface area (Å²) in [5.41, 5.74) is 2.17. The minimum atomic E-state index is -0.121. The van der Waals surface area contributed by atoms with Crippen LogP contribution in [0.1, 0.15) is 6.92 Å². The Morgan fingerprint density at radius 1 is 1.40 bits per heavy atom. The molecule has 0 radical (unpaired) electrons. The molecule has 3 nitrogen and oxygen atoms in total. The lowest BCUT2D eigenvalue weighted by Crippen LogP contribution is -2.26. The van der Waals surface area contributed by atoms with E-state index < -0.39 is 0 Å². The standard InChI is InChI=1S/C12H13N3/c1-9(7-13)15(2)12-8-14-11-6-4-3-5-10(11)12/h3-6,8-9,14H,1-2H3. The molecule has 0 aliphatic carbocycles. The maximum absolute atomic E-state index is 8.87. The summed E-state index contributed by atoms with van der Waals surface area (Å²) in [5, 5.41) is 10.0. The Balaban J connectivity index is 2.49. The zero-order valence-electron chi connectivity index (χ0n) is 8.86. The van der Waals surface area contributed by atoms with Gasteiger partial charge in [0.1, 0.15) is 6.04 Å². The number of nitrogens with one attached hydrogen (secondary N) is 1. The minimum Gasteiger partial charge on any atom is -0.359 e. The van der Waals surface area contributed by atoms with Gasteiger partial charge in [0.25, 0.3) is 0 Å². The summed E-state index contributed by atoms with van der Waals surface area (Å²) < 4.78 is 0. The third-order valence-electron chi connectivity index (χ3n) is 2.72. The third kappa shape index (κ3) is 1.55. The first kappa shape index (κ1) is 9.60. The molecule has 0 bridgehead atoms. The summed E-state index contributed by atoms with van der Waals surface area (Å²) in [4.78, 5) is 5.17. The van der Waals surface area contributed by atoms with Gasteiger partial charge in [0.15, 0.2) is 0 Å². The molecule has 1 N–H and O–H groups in total. The van der Waals surface area contributed by atoms with E-state index >= 15 is 0 Å². The molecule has 2 aromatic rings. The van der Waals surface area contributed by atoms with Gasteiger partial charge in [-0.3, -0.25) is 0 Å². The molecule has 15 heavy (non-hydrogen) atoms. The Morgan fingerprint density at radius 2 is 2.13 bits per heavy atom. The van der Waals surface area contributed by atoms with Crippen LogP contribution in [0, 0.1) is 11.3 Å². The second-order valence-electron chi connectivity index (χ2n) is 3.64. The number of aromatic amines is 1. The molecular weight excluding hydrogens is 186 g/mol. The molecule has 0 fully saturated rings. The fourth-order valence-corrected chi connectivity index (χ4v) is 1.64. The van der Waals surface area contributed by atoms with Crippen LogP contribution in [0.3, 0.4) is 0 Å². The highest BCUT2D eigenvalue weighted by molar-refractivity contribution is 5.92. The second-order valence-corrected chi connectivity index (χ2v) is 3.64. The molecule has 2 rings (SSSR count). The lowest BCUT2D eigenvalue weighted by molar-refractivity contribution is 0.839. The molecule has 0 spiro atoms. The topological polar surface area (TPSA) is 42.8 Å². The number of hydrogen-bond donors (Lipinski definition) is 1. The number of rotatable bonds is 2. The molecule has 3 heteroatoms. The highest BCUT2D eigenvalue weighted by atomic mass is 15.1. The lowest BCUT2D eigenvalue weighted by Gasteiger charge is -2.20. The number of nitriles is 1. The maximum atomic E-state index is 8.87. The maximum Gasteiger partial charge on any atom is 0.113 e. The van der Waals surface area contributed by atoms with Crippen molar-refractivity contribution in [1.29, 1.82) is 5.26 Å². The minimum absolute atomic E-state index is 0.121. The Kier molecular flexibility index (Phi) is 2.34. The molecule has 1 aromatic carbocycles. The van der Waals surface area contributed by atoms with E-state index in [9.17, 15) is 0 Å². The van der Waals surface area contributed by atoms with Gasteiger partial charge in [0.05, 0.1) is 11.8 Å². The van der Waals surface area contributed by atoms with Crippen LogP contribution >= 0.6 is 0 Å². The summed E-state index contributed by atoms with van der Waals surface area (Å²) >= 11 is 0. The van der Waals surface area contributed by atoms with Crippen LogP contribution in [-0.4, -0.2) is 18.1 Å². The predicted molar refractivity (Wildman–Crippen MR) is 61.8 cm³/mol. The van der Waals surface area contributed by atoms with E-state index in [-0.39, 0.29) is 6.04 Å². The summed E-state index contributed by atoms with van der Waals surface area (Å²) in [6.45, 7) is 1.89. The molecule has 1 atom stereocenters. The van der Waals surface area contributed by atoms with Crippen molar-refractivity contribution in [3.63, 3.8) is 0 Å².